The van der Waals surface area contributed by atoms with E-state index in [1.54, 1.807) is 0 Å². The molecule has 3 rings (SSSR count). The van der Waals surface area contributed by atoms with Crippen LogP contribution in [0.1, 0.15) is 37.7 Å². The molecule has 1 aromatic carbocycles. The van der Waals surface area contributed by atoms with E-state index in [0.29, 0.717) is 23.9 Å². The monoisotopic (exact) mass is 336 g/mol. The van der Waals surface area contributed by atoms with Gasteiger partial charge in [0.25, 0.3) is 0 Å². The average Bonchev–Trinajstić information content (AvgIpc) is 2.46. The lowest BCUT2D eigenvalue weighted by Crippen LogP contribution is -2.42. The second-order valence-corrected chi connectivity index (χ2v) is 7.34. The Morgan fingerprint density at radius 2 is 1.75 bits per heavy atom. The molecule has 132 valence electrons. The van der Waals surface area contributed by atoms with Crippen LogP contribution in [0.4, 0.5) is 8.78 Å². The number of nitrogens with zero attached hydrogens (tertiary/aromatic N) is 2. The van der Waals surface area contributed by atoms with E-state index in [9.17, 15) is 13.6 Å². The Morgan fingerprint density at radius 3 is 2.29 bits per heavy atom. The van der Waals surface area contributed by atoms with E-state index in [2.05, 4.69) is 4.90 Å². The van der Waals surface area contributed by atoms with Crippen LogP contribution in [0.25, 0.3) is 0 Å². The van der Waals surface area contributed by atoms with Crippen LogP contribution in [0.5, 0.6) is 0 Å². The van der Waals surface area contributed by atoms with Gasteiger partial charge in [-0.2, -0.15) is 0 Å². The number of rotatable bonds is 5. The summed E-state index contributed by atoms with van der Waals surface area (Å²) in [6.45, 7) is 3.23. The van der Waals surface area contributed by atoms with Gasteiger partial charge in [-0.1, -0.05) is 6.42 Å². The first-order valence-electron chi connectivity index (χ1n) is 8.93. The summed E-state index contributed by atoms with van der Waals surface area (Å²) in [7, 11) is 1.92. The summed E-state index contributed by atoms with van der Waals surface area (Å²) in [4.78, 5) is 16.4. The molecule has 24 heavy (non-hydrogen) atoms. The second kappa shape index (κ2) is 7.60. The van der Waals surface area contributed by atoms with Crippen LogP contribution in [0.3, 0.4) is 0 Å². The number of halogens is 2. The fourth-order valence-electron chi connectivity index (χ4n) is 3.73. The Labute approximate surface area is 142 Å². The van der Waals surface area contributed by atoms with Gasteiger partial charge in [0.2, 0.25) is 5.91 Å². The Balaban J connectivity index is 1.44. The number of benzene rings is 1. The molecular weight excluding hydrogens is 310 g/mol. The predicted octanol–water partition coefficient (Wildman–Crippen LogP) is 3.44. The predicted molar refractivity (Wildman–Crippen MR) is 89.3 cm³/mol. The van der Waals surface area contributed by atoms with Gasteiger partial charge in [-0.3, -0.25) is 9.69 Å². The molecule has 1 aliphatic heterocycles. The third kappa shape index (κ3) is 4.32. The lowest BCUT2D eigenvalue weighted by atomic mass is 9.84. The number of carbonyl (C=O) groups is 1. The fraction of sp³-hybridized carbons (Fsp3) is 0.632. The van der Waals surface area contributed by atoms with Gasteiger partial charge >= 0.3 is 0 Å². The van der Waals surface area contributed by atoms with E-state index in [-0.39, 0.29) is 5.92 Å². The third-order valence-electron chi connectivity index (χ3n) is 5.40. The zero-order valence-corrected chi connectivity index (χ0v) is 14.3. The van der Waals surface area contributed by atoms with Gasteiger partial charge in [0.05, 0.1) is 0 Å². The van der Waals surface area contributed by atoms with Crippen LogP contribution in [0, 0.1) is 23.5 Å². The Morgan fingerprint density at radius 1 is 1.12 bits per heavy atom. The van der Waals surface area contributed by atoms with Crippen molar-refractivity contribution >= 4 is 5.91 Å². The topological polar surface area (TPSA) is 23.6 Å². The van der Waals surface area contributed by atoms with E-state index in [1.807, 2.05) is 11.9 Å². The molecule has 0 N–H and O–H groups in total. The molecule has 0 radical (unpaired) electrons. The highest BCUT2D eigenvalue weighted by molar-refractivity contribution is 5.79. The highest BCUT2D eigenvalue weighted by Gasteiger charge is 2.29. The molecule has 0 spiro atoms. The maximum atomic E-state index is 13.3. The van der Waals surface area contributed by atoms with Crippen molar-refractivity contribution in [2.75, 3.05) is 26.7 Å². The summed E-state index contributed by atoms with van der Waals surface area (Å²) in [6.07, 6.45) is 5.33. The molecule has 1 heterocycles. The summed E-state index contributed by atoms with van der Waals surface area (Å²) >= 11 is 0. The first-order chi connectivity index (χ1) is 11.5. The normalized spacial score (nSPS) is 20.0. The SMILES string of the molecule is CN(CC1CCN(Cc2cc(F)cc(F)c2)CC1)C(=O)C1CCC1. The lowest BCUT2D eigenvalue weighted by molar-refractivity contribution is -0.137. The molecule has 3 nitrogen and oxygen atoms in total. The van der Waals surface area contributed by atoms with Crippen molar-refractivity contribution in [1.82, 2.24) is 9.80 Å². The molecule has 0 aromatic heterocycles. The van der Waals surface area contributed by atoms with Crippen LogP contribution < -0.4 is 0 Å². The Hall–Kier alpha value is -1.49. The van der Waals surface area contributed by atoms with Crippen LogP contribution in [-0.4, -0.2) is 42.4 Å². The molecule has 5 heteroatoms. The summed E-state index contributed by atoms with van der Waals surface area (Å²) in [6, 6.07) is 3.71. The van der Waals surface area contributed by atoms with Crippen molar-refractivity contribution in [1.29, 1.82) is 0 Å². The van der Waals surface area contributed by atoms with Gasteiger partial charge in [-0.15, -0.1) is 0 Å². The summed E-state index contributed by atoms with van der Waals surface area (Å²) in [5.41, 5.74) is 0.684. The van der Waals surface area contributed by atoms with E-state index in [0.717, 1.165) is 51.4 Å². The van der Waals surface area contributed by atoms with E-state index >= 15 is 0 Å². The smallest absolute Gasteiger partial charge is 0.225 e. The first kappa shape index (κ1) is 17.3. The largest absolute Gasteiger partial charge is 0.345 e. The maximum absolute atomic E-state index is 13.3. The highest BCUT2D eigenvalue weighted by atomic mass is 19.1. The second-order valence-electron chi connectivity index (χ2n) is 7.34. The van der Waals surface area contributed by atoms with E-state index in [1.165, 1.54) is 18.6 Å². The molecule has 0 unspecified atom stereocenters. The number of piperidine rings is 1. The van der Waals surface area contributed by atoms with Crippen molar-refractivity contribution in [2.24, 2.45) is 11.8 Å². The average molecular weight is 336 g/mol. The minimum absolute atomic E-state index is 0.262. The van der Waals surface area contributed by atoms with Crippen LogP contribution >= 0.6 is 0 Å². The Kier molecular flexibility index (Phi) is 5.49. The van der Waals surface area contributed by atoms with Crippen LogP contribution in [0.2, 0.25) is 0 Å². The Bertz CT molecular complexity index is 560. The van der Waals surface area contributed by atoms with Gasteiger partial charge in [0, 0.05) is 32.1 Å². The molecule has 1 amide bonds. The van der Waals surface area contributed by atoms with Crippen molar-refractivity contribution in [3.05, 3.63) is 35.4 Å². The molecule has 0 atom stereocenters. The third-order valence-corrected chi connectivity index (χ3v) is 5.40. The van der Waals surface area contributed by atoms with Crippen molar-refractivity contribution in [3.63, 3.8) is 0 Å². The lowest BCUT2D eigenvalue weighted by Gasteiger charge is -2.35. The summed E-state index contributed by atoms with van der Waals surface area (Å²) < 4.78 is 26.5. The first-order valence-corrected chi connectivity index (χ1v) is 8.93. The number of likely N-dealkylation sites (tertiary alicyclic amines) is 1. The molecule has 1 aromatic rings. The zero-order valence-electron chi connectivity index (χ0n) is 14.3. The number of amides is 1. The molecule has 2 fully saturated rings. The van der Waals surface area contributed by atoms with Crippen molar-refractivity contribution < 1.29 is 13.6 Å². The standard InChI is InChI=1S/C19H26F2N2O/c1-22(19(24)16-3-2-4-16)12-14-5-7-23(8-6-14)13-15-9-17(20)11-18(21)10-15/h9-11,14,16H,2-8,12-13H2,1H3. The van der Waals surface area contributed by atoms with Gasteiger partial charge in [-0.05, 0) is 62.4 Å². The van der Waals surface area contributed by atoms with E-state index in [4.69, 9.17) is 0 Å². The van der Waals surface area contributed by atoms with Crippen molar-refractivity contribution in [2.45, 2.75) is 38.6 Å². The quantitative estimate of drug-likeness (QED) is 0.822. The minimum atomic E-state index is -0.518. The fourth-order valence-corrected chi connectivity index (χ4v) is 3.73. The zero-order chi connectivity index (χ0) is 17.1. The molecular formula is C19H26F2N2O. The van der Waals surface area contributed by atoms with Gasteiger partial charge in [0.1, 0.15) is 11.6 Å². The minimum Gasteiger partial charge on any atom is -0.345 e. The maximum Gasteiger partial charge on any atom is 0.225 e. The molecule has 0 bridgehead atoms. The number of hydrogen-bond donors (Lipinski definition) is 0. The highest BCUT2D eigenvalue weighted by Crippen LogP contribution is 2.29. The number of hydrogen-bond acceptors (Lipinski definition) is 2. The molecule has 1 aliphatic carbocycles. The number of carbonyl (C=O) groups excluding carboxylic acids is 1. The van der Waals surface area contributed by atoms with Gasteiger partial charge in [0.15, 0.2) is 0 Å². The molecule has 1 saturated carbocycles. The van der Waals surface area contributed by atoms with Crippen LogP contribution in [-0.2, 0) is 11.3 Å². The van der Waals surface area contributed by atoms with Gasteiger partial charge in [-0.25, -0.2) is 8.78 Å². The molecule has 1 saturated heterocycles. The summed E-state index contributed by atoms with van der Waals surface area (Å²) in [5.74, 6) is 0.0587. The molecule has 2 aliphatic rings. The summed E-state index contributed by atoms with van der Waals surface area (Å²) in [5, 5.41) is 0. The van der Waals surface area contributed by atoms with Crippen LogP contribution in [0.15, 0.2) is 18.2 Å². The van der Waals surface area contributed by atoms with Gasteiger partial charge < -0.3 is 4.90 Å². The van der Waals surface area contributed by atoms with Crippen molar-refractivity contribution in [3.8, 4) is 0 Å². The van der Waals surface area contributed by atoms with E-state index < -0.39 is 11.6 Å².